The van der Waals surface area contributed by atoms with E-state index in [1.807, 2.05) is 23.6 Å². The number of fused-ring (bicyclic) bond motifs is 1. The highest BCUT2D eigenvalue weighted by molar-refractivity contribution is 7.16. The van der Waals surface area contributed by atoms with Gasteiger partial charge in [0.05, 0.1) is 11.7 Å². The van der Waals surface area contributed by atoms with E-state index in [-0.39, 0.29) is 23.3 Å². The van der Waals surface area contributed by atoms with Crippen molar-refractivity contribution in [3.8, 4) is 0 Å². The lowest BCUT2D eigenvalue weighted by Gasteiger charge is -2.16. The Morgan fingerprint density at radius 1 is 1.24 bits per heavy atom. The van der Waals surface area contributed by atoms with Crippen LogP contribution < -0.4 is 10.9 Å². The number of benzene rings is 1. The summed E-state index contributed by atoms with van der Waals surface area (Å²) in [7, 11) is 0. The third kappa shape index (κ3) is 3.22. The average Bonchev–Trinajstić information content (AvgIpc) is 3.28. The monoisotopic (exact) mass is 353 g/mol. The number of amides is 1. The highest BCUT2D eigenvalue weighted by Crippen LogP contribution is 2.47. The van der Waals surface area contributed by atoms with Gasteiger partial charge in [-0.2, -0.15) is 0 Å². The van der Waals surface area contributed by atoms with E-state index in [2.05, 4.69) is 22.4 Å². The van der Waals surface area contributed by atoms with Crippen molar-refractivity contribution in [2.45, 2.75) is 31.2 Å². The largest absolute Gasteiger partial charge is 0.355 e. The molecule has 5 nitrogen and oxygen atoms in total. The second-order valence-electron chi connectivity index (χ2n) is 6.56. The van der Waals surface area contributed by atoms with E-state index in [9.17, 15) is 9.59 Å². The molecule has 25 heavy (non-hydrogen) atoms. The Bertz CT molecular complexity index is 957. The number of nitrogens with zero attached hydrogens (tertiary/aromatic N) is 2. The standard InChI is InChI=1S/C19H19N3O2S/c23-16(20-12-19(8-9-19)14-4-2-1-3-5-14)6-10-22-13-21-17-15(18(22)24)7-11-25-17/h1-5,7,11,13H,6,8-10,12H2,(H,20,23). The molecule has 2 heterocycles. The number of aryl methyl sites for hydroxylation is 1. The number of rotatable bonds is 6. The SMILES string of the molecule is O=C(CCn1cnc2sccc2c1=O)NCC1(c2ccccc2)CC1. The molecule has 1 N–H and O–H groups in total. The van der Waals surface area contributed by atoms with Crippen molar-refractivity contribution in [1.82, 2.24) is 14.9 Å². The maximum atomic E-state index is 12.3. The molecule has 1 aliphatic rings. The van der Waals surface area contributed by atoms with Crippen molar-refractivity contribution in [2.75, 3.05) is 6.54 Å². The Hall–Kier alpha value is -2.47. The van der Waals surface area contributed by atoms with Gasteiger partial charge in [0, 0.05) is 24.9 Å². The Labute approximate surface area is 149 Å². The first-order chi connectivity index (χ1) is 12.2. The maximum Gasteiger partial charge on any atom is 0.262 e. The van der Waals surface area contributed by atoms with Crippen LogP contribution in [0.2, 0.25) is 0 Å². The highest BCUT2D eigenvalue weighted by Gasteiger charge is 2.44. The van der Waals surface area contributed by atoms with E-state index in [4.69, 9.17) is 0 Å². The molecule has 3 aromatic rings. The summed E-state index contributed by atoms with van der Waals surface area (Å²) in [4.78, 5) is 29.5. The van der Waals surface area contributed by atoms with Crippen LogP contribution in [0.5, 0.6) is 0 Å². The molecule has 1 saturated carbocycles. The van der Waals surface area contributed by atoms with Crippen molar-refractivity contribution in [3.05, 3.63) is 64.0 Å². The molecular formula is C19H19N3O2S. The van der Waals surface area contributed by atoms with Gasteiger partial charge in [0.2, 0.25) is 5.91 Å². The predicted octanol–water partition coefficient (Wildman–Crippen LogP) is 2.70. The van der Waals surface area contributed by atoms with Crippen LogP contribution in [-0.4, -0.2) is 22.0 Å². The topological polar surface area (TPSA) is 64.0 Å². The van der Waals surface area contributed by atoms with Gasteiger partial charge in [-0.05, 0) is 29.9 Å². The van der Waals surface area contributed by atoms with E-state index >= 15 is 0 Å². The quantitative estimate of drug-likeness (QED) is 0.741. The summed E-state index contributed by atoms with van der Waals surface area (Å²) in [6.07, 6.45) is 4.02. The molecule has 0 bridgehead atoms. The van der Waals surface area contributed by atoms with Crippen LogP contribution in [0.1, 0.15) is 24.8 Å². The van der Waals surface area contributed by atoms with E-state index in [0.29, 0.717) is 18.5 Å². The maximum absolute atomic E-state index is 12.3. The highest BCUT2D eigenvalue weighted by atomic mass is 32.1. The van der Waals surface area contributed by atoms with Gasteiger partial charge < -0.3 is 5.32 Å². The zero-order chi connectivity index (χ0) is 17.3. The van der Waals surface area contributed by atoms with E-state index in [1.165, 1.54) is 27.8 Å². The summed E-state index contributed by atoms with van der Waals surface area (Å²) in [6, 6.07) is 12.1. The Morgan fingerprint density at radius 2 is 2.04 bits per heavy atom. The lowest BCUT2D eigenvalue weighted by Crippen LogP contribution is -2.33. The smallest absolute Gasteiger partial charge is 0.262 e. The molecule has 0 spiro atoms. The van der Waals surface area contributed by atoms with Crippen molar-refractivity contribution in [2.24, 2.45) is 0 Å². The third-order valence-corrected chi connectivity index (χ3v) is 5.71. The summed E-state index contributed by atoms with van der Waals surface area (Å²) in [6.45, 7) is 1.01. The van der Waals surface area contributed by atoms with Crippen LogP contribution in [0.15, 0.2) is 52.9 Å². The van der Waals surface area contributed by atoms with Crippen molar-refractivity contribution < 1.29 is 4.79 Å². The van der Waals surface area contributed by atoms with Crippen LogP contribution in [0, 0.1) is 0 Å². The Kier molecular flexibility index (Phi) is 4.13. The molecule has 4 rings (SSSR count). The number of carbonyl (C=O) groups excluding carboxylic acids is 1. The molecule has 0 unspecified atom stereocenters. The van der Waals surface area contributed by atoms with Crippen LogP contribution in [0.25, 0.3) is 10.2 Å². The van der Waals surface area contributed by atoms with Gasteiger partial charge in [0.25, 0.3) is 5.56 Å². The average molecular weight is 353 g/mol. The lowest BCUT2D eigenvalue weighted by molar-refractivity contribution is -0.121. The third-order valence-electron chi connectivity index (χ3n) is 4.89. The molecule has 0 radical (unpaired) electrons. The van der Waals surface area contributed by atoms with Gasteiger partial charge in [-0.15, -0.1) is 11.3 Å². The molecule has 1 fully saturated rings. The number of hydrogen-bond acceptors (Lipinski definition) is 4. The number of hydrogen-bond donors (Lipinski definition) is 1. The fraction of sp³-hybridized carbons (Fsp3) is 0.316. The first-order valence-electron chi connectivity index (χ1n) is 8.43. The summed E-state index contributed by atoms with van der Waals surface area (Å²) in [5, 5.41) is 5.51. The Balaban J connectivity index is 1.35. The van der Waals surface area contributed by atoms with Gasteiger partial charge in [0.15, 0.2) is 0 Å². The summed E-state index contributed by atoms with van der Waals surface area (Å²) in [5.74, 6) is -0.0282. The molecule has 6 heteroatoms. The van der Waals surface area contributed by atoms with Gasteiger partial charge in [0.1, 0.15) is 4.83 Å². The molecular weight excluding hydrogens is 334 g/mol. The summed E-state index contributed by atoms with van der Waals surface area (Å²) >= 11 is 1.45. The summed E-state index contributed by atoms with van der Waals surface area (Å²) in [5.41, 5.74) is 1.31. The Morgan fingerprint density at radius 3 is 2.80 bits per heavy atom. The fourth-order valence-electron chi connectivity index (χ4n) is 3.14. The van der Waals surface area contributed by atoms with E-state index < -0.39 is 0 Å². The number of aromatic nitrogens is 2. The van der Waals surface area contributed by atoms with Crippen LogP contribution >= 0.6 is 11.3 Å². The minimum absolute atomic E-state index is 0.0282. The minimum Gasteiger partial charge on any atom is -0.355 e. The number of nitrogens with one attached hydrogen (secondary N) is 1. The van der Waals surface area contributed by atoms with Crippen LogP contribution in [0.4, 0.5) is 0 Å². The van der Waals surface area contributed by atoms with Gasteiger partial charge in [-0.3, -0.25) is 14.2 Å². The molecule has 2 aromatic heterocycles. The van der Waals surface area contributed by atoms with Crippen molar-refractivity contribution in [1.29, 1.82) is 0 Å². The second-order valence-corrected chi connectivity index (χ2v) is 7.45. The molecule has 0 saturated heterocycles. The van der Waals surface area contributed by atoms with Crippen LogP contribution in [0.3, 0.4) is 0 Å². The fourth-order valence-corrected chi connectivity index (χ4v) is 3.86. The predicted molar refractivity (Wildman–Crippen MR) is 98.9 cm³/mol. The number of thiophene rings is 1. The second kappa shape index (κ2) is 6.44. The van der Waals surface area contributed by atoms with Crippen LogP contribution in [-0.2, 0) is 16.8 Å². The first kappa shape index (κ1) is 16.0. The zero-order valence-electron chi connectivity index (χ0n) is 13.8. The molecule has 0 atom stereocenters. The number of carbonyl (C=O) groups is 1. The normalized spacial score (nSPS) is 15.2. The molecule has 1 amide bonds. The van der Waals surface area contributed by atoms with Gasteiger partial charge in [-0.25, -0.2) is 4.98 Å². The van der Waals surface area contributed by atoms with Crippen molar-refractivity contribution in [3.63, 3.8) is 0 Å². The molecule has 1 aliphatic carbocycles. The molecule has 1 aromatic carbocycles. The lowest BCUT2D eigenvalue weighted by atomic mass is 9.96. The molecule has 128 valence electrons. The van der Waals surface area contributed by atoms with Gasteiger partial charge in [-0.1, -0.05) is 30.3 Å². The van der Waals surface area contributed by atoms with E-state index in [1.54, 1.807) is 6.07 Å². The van der Waals surface area contributed by atoms with Crippen molar-refractivity contribution >= 4 is 27.5 Å². The van der Waals surface area contributed by atoms with E-state index in [0.717, 1.165) is 17.7 Å². The minimum atomic E-state index is -0.0815. The first-order valence-corrected chi connectivity index (χ1v) is 9.31. The zero-order valence-corrected chi connectivity index (χ0v) is 14.6. The molecule has 0 aliphatic heterocycles. The van der Waals surface area contributed by atoms with Gasteiger partial charge >= 0.3 is 0 Å². The summed E-state index contributed by atoms with van der Waals surface area (Å²) < 4.78 is 1.51.